The number of hydrogen-bond acceptors (Lipinski definition) is 7. The molecule has 1 N–H and O–H groups in total. The number of rotatable bonds is 6. The summed E-state index contributed by atoms with van der Waals surface area (Å²) >= 11 is 0. The number of methoxy groups -OCH3 is 1. The maximum Gasteiger partial charge on any atom is 0.274 e. The average Bonchev–Trinajstić information content (AvgIpc) is 3.27. The van der Waals surface area contributed by atoms with Gasteiger partial charge in [0.15, 0.2) is 17.2 Å². The Morgan fingerprint density at radius 2 is 1.93 bits per heavy atom. The topological polar surface area (TPSA) is 96.5 Å². The summed E-state index contributed by atoms with van der Waals surface area (Å²) in [6.07, 6.45) is 5.06. The number of aromatic amines is 1. The first-order valence-corrected chi connectivity index (χ1v) is 9.35. The van der Waals surface area contributed by atoms with Crippen LogP contribution in [0.1, 0.15) is 16.2 Å². The van der Waals surface area contributed by atoms with Crippen molar-refractivity contribution in [1.82, 2.24) is 25.1 Å². The lowest BCUT2D eigenvalue weighted by molar-refractivity contribution is 0.0740. The second kappa shape index (κ2) is 8.59. The van der Waals surface area contributed by atoms with Crippen molar-refractivity contribution in [3.8, 4) is 11.5 Å². The highest BCUT2D eigenvalue weighted by Gasteiger charge is 2.24. The zero-order valence-electron chi connectivity index (χ0n) is 16.1. The molecule has 4 rings (SSSR count). The molecule has 0 unspecified atom stereocenters. The van der Waals surface area contributed by atoms with Crippen LogP contribution < -0.4 is 14.4 Å². The van der Waals surface area contributed by atoms with E-state index in [-0.39, 0.29) is 12.5 Å². The molecule has 9 nitrogen and oxygen atoms in total. The Kier molecular flexibility index (Phi) is 5.55. The van der Waals surface area contributed by atoms with E-state index in [1.54, 1.807) is 36.7 Å². The number of benzene rings is 1. The third kappa shape index (κ3) is 4.29. The Morgan fingerprint density at radius 1 is 1.14 bits per heavy atom. The van der Waals surface area contributed by atoms with Crippen molar-refractivity contribution in [3.05, 3.63) is 60.3 Å². The van der Waals surface area contributed by atoms with Crippen LogP contribution in [0, 0.1) is 0 Å². The summed E-state index contributed by atoms with van der Waals surface area (Å²) in [7, 11) is 1.60. The zero-order chi connectivity index (χ0) is 20.1. The smallest absolute Gasteiger partial charge is 0.274 e. The SMILES string of the molecule is COc1ccccc1OCc1cc(C(=O)N2CCN(c3cnccn3)CC2)n[nH]1. The lowest BCUT2D eigenvalue weighted by atomic mass is 10.2. The molecule has 9 heteroatoms. The third-order valence-electron chi connectivity index (χ3n) is 4.74. The molecular weight excluding hydrogens is 372 g/mol. The van der Waals surface area contributed by atoms with Crippen molar-refractivity contribution in [2.75, 3.05) is 38.2 Å². The van der Waals surface area contributed by atoms with Crippen LogP contribution in [0.5, 0.6) is 11.5 Å². The van der Waals surface area contributed by atoms with E-state index in [0.717, 1.165) is 11.5 Å². The van der Waals surface area contributed by atoms with E-state index in [4.69, 9.17) is 9.47 Å². The minimum absolute atomic E-state index is 0.0939. The second-order valence-electron chi connectivity index (χ2n) is 6.56. The molecule has 3 aromatic rings. The molecule has 1 amide bonds. The molecule has 0 aliphatic carbocycles. The van der Waals surface area contributed by atoms with Crippen molar-refractivity contribution in [1.29, 1.82) is 0 Å². The van der Waals surface area contributed by atoms with Gasteiger partial charge in [-0.1, -0.05) is 12.1 Å². The minimum atomic E-state index is -0.0939. The van der Waals surface area contributed by atoms with Gasteiger partial charge < -0.3 is 19.3 Å². The molecular formula is C20H22N6O3. The van der Waals surface area contributed by atoms with E-state index < -0.39 is 0 Å². The summed E-state index contributed by atoms with van der Waals surface area (Å²) < 4.78 is 11.0. The molecule has 1 aromatic carbocycles. The number of aromatic nitrogens is 4. The highest BCUT2D eigenvalue weighted by molar-refractivity contribution is 5.92. The number of nitrogens with one attached hydrogen (secondary N) is 1. The Labute approximate surface area is 168 Å². The number of nitrogens with zero attached hydrogens (tertiary/aromatic N) is 5. The number of piperazine rings is 1. The first-order chi connectivity index (χ1) is 14.2. The van der Waals surface area contributed by atoms with E-state index in [0.29, 0.717) is 43.4 Å². The van der Waals surface area contributed by atoms with Crippen LogP contribution >= 0.6 is 0 Å². The molecule has 1 fully saturated rings. The summed E-state index contributed by atoms with van der Waals surface area (Å²) in [5.41, 5.74) is 1.11. The van der Waals surface area contributed by atoms with Crippen LogP contribution in [-0.4, -0.2) is 64.3 Å². The summed E-state index contributed by atoms with van der Waals surface area (Å²) in [6.45, 7) is 2.89. The zero-order valence-corrected chi connectivity index (χ0v) is 16.1. The molecule has 29 heavy (non-hydrogen) atoms. The van der Waals surface area contributed by atoms with Crippen LogP contribution in [0.2, 0.25) is 0 Å². The fourth-order valence-corrected chi connectivity index (χ4v) is 3.19. The van der Waals surface area contributed by atoms with Crippen LogP contribution in [0.15, 0.2) is 48.9 Å². The molecule has 1 aliphatic heterocycles. The highest BCUT2D eigenvalue weighted by atomic mass is 16.5. The van der Waals surface area contributed by atoms with Crippen molar-refractivity contribution in [3.63, 3.8) is 0 Å². The number of carbonyl (C=O) groups is 1. The van der Waals surface area contributed by atoms with E-state index in [1.807, 2.05) is 24.3 Å². The van der Waals surface area contributed by atoms with E-state index in [2.05, 4.69) is 25.1 Å². The molecule has 1 aliphatic rings. The summed E-state index contributed by atoms with van der Waals surface area (Å²) in [6, 6.07) is 9.14. The average molecular weight is 394 g/mol. The van der Waals surface area contributed by atoms with Crippen LogP contribution in [-0.2, 0) is 6.61 Å². The minimum Gasteiger partial charge on any atom is -0.493 e. The van der Waals surface area contributed by atoms with Crippen molar-refractivity contribution in [2.45, 2.75) is 6.61 Å². The van der Waals surface area contributed by atoms with Crippen molar-refractivity contribution in [2.24, 2.45) is 0 Å². The van der Waals surface area contributed by atoms with Crippen molar-refractivity contribution >= 4 is 11.7 Å². The van der Waals surface area contributed by atoms with Gasteiger partial charge in [0.2, 0.25) is 0 Å². The van der Waals surface area contributed by atoms with Gasteiger partial charge in [-0.05, 0) is 18.2 Å². The number of amides is 1. The molecule has 1 saturated heterocycles. The molecule has 3 heterocycles. The number of H-pyrrole nitrogens is 1. The fraction of sp³-hybridized carbons (Fsp3) is 0.300. The summed E-state index contributed by atoms with van der Waals surface area (Å²) in [4.78, 5) is 25.1. The first-order valence-electron chi connectivity index (χ1n) is 9.35. The Bertz CT molecular complexity index is 954. The van der Waals surface area contributed by atoms with E-state index in [9.17, 15) is 4.79 Å². The predicted molar refractivity (Wildman–Crippen MR) is 106 cm³/mol. The number of hydrogen-bond donors (Lipinski definition) is 1. The van der Waals surface area contributed by atoms with Gasteiger partial charge in [-0.2, -0.15) is 5.10 Å². The number of ether oxygens (including phenoxy) is 2. The highest BCUT2D eigenvalue weighted by Crippen LogP contribution is 2.26. The van der Waals surface area contributed by atoms with E-state index in [1.165, 1.54) is 0 Å². The van der Waals surface area contributed by atoms with Gasteiger partial charge in [0.1, 0.15) is 12.4 Å². The molecule has 0 bridgehead atoms. The van der Waals surface area contributed by atoms with E-state index >= 15 is 0 Å². The molecule has 0 atom stereocenters. The standard InChI is InChI=1S/C20H22N6O3/c1-28-17-4-2-3-5-18(17)29-14-15-12-16(24-23-15)20(27)26-10-8-25(9-11-26)19-13-21-6-7-22-19/h2-7,12-13H,8-11,14H2,1H3,(H,23,24). The van der Waals surface area contributed by atoms with Gasteiger partial charge in [-0.25, -0.2) is 4.98 Å². The molecule has 0 radical (unpaired) electrons. The summed E-state index contributed by atoms with van der Waals surface area (Å²) in [5.74, 6) is 2.03. The van der Waals surface area contributed by atoms with Gasteiger partial charge in [0.05, 0.1) is 19.0 Å². The summed E-state index contributed by atoms with van der Waals surface area (Å²) in [5, 5.41) is 7.04. The van der Waals surface area contributed by atoms with Crippen LogP contribution in [0.4, 0.5) is 5.82 Å². The van der Waals surface area contributed by atoms with Gasteiger partial charge in [-0.3, -0.25) is 14.9 Å². The van der Waals surface area contributed by atoms with Crippen molar-refractivity contribution < 1.29 is 14.3 Å². The number of para-hydroxylation sites is 2. The number of carbonyl (C=O) groups excluding carboxylic acids is 1. The molecule has 0 spiro atoms. The van der Waals surface area contributed by atoms with Gasteiger partial charge in [-0.15, -0.1) is 0 Å². The van der Waals surface area contributed by atoms with Gasteiger partial charge in [0.25, 0.3) is 5.91 Å². The fourth-order valence-electron chi connectivity index (χ4n) is 3.19. The Balaban J connectivity index is 1.33. The quantitative estimate of drug-likeness (QED) is 0.680. The number of anilines is 1. The largest absolute Gasteiger partial charge is 0.493 e. The molecule has 0 saturated carbocycles. The first kappa shape index (κ1) is 18.7. The maximum atomic E-state index is 12.8. The molecule has 2 aromatic heterocycles. The predicted octanol–water partition coefficient (Wildman–Crippen LogP) is 1.75. The lowest BCUT2D eigenvalue weighted by Crippen LogP contribution is -2.49. The normalized spacial score (nSPS) is 14.0. The van der Waals surface area contributed by atoms with Gasteiger partial charge >= 0.3 is 0 Å². The Morgan fingerprint density at radius 3 is 2.66 bits per heavy atom. The van der Waals surface area contributed by atoms with Gasteiger partial charge in [0, 0.05) is 38.6 Å². The molecule has 150 valence electrons. The third-order valence-corrected chi connectivity index (χ3v) is 4.74. The second-order valence-corrected chi connectivity index (χ2v) is 6.56. The van der Waals surface area contributed by atoms with Crippen LogP contribution in [0.25, 0.3) is 0 Å². The van der Waals surface area contributed by atoms with Crippen LogP contribution in [0.3, 0.4) is 0 Å². The maximum absolute atomic E-state index is 12.8. The monoisotopic (exact) mass is 394 g/mol. The lowest BCUT2D eigenvalue weighted by Gasteiger charge is -2.34. The Hall–Kier alpha value is -3.62.